The van der Waals surface area contributed by atoms with E-state index >= 15 is 0 Å². The summed E-state index contributed by atoms with van der Waals surface area (Å²) in [6.45, 7) is 8.08. The van der Waals surface area contributed by atoms with Crippen molar-refractivity contribution in [3.8, 4) is 11.8 Å². The van der Waals surface area contributed by atoms with Crippen molar-refractivity contribution in [2.75, 3.05) is 11.9 Å². The van der Waals surface area contributed by atoms with Gasteiger partial charge in [-0.05, 0) is 45.4 Å². The molecule has 1 rings (SSSR count). The van der Waals surface area contributed by atoms with Crippen molar-refractivity contribution >= 4 is 11.7 Å². The van der Waals surface area contributed by atoms with Crippen molar-refractivity contribution in [1.82, 2.24) is 5.32 Å². The molecule has 0 atom stereocenters. The Balaban J connectivity index is 2.83. The summed E-state index contributed by atoms with van der Waals surface area (Å²) in [7, 11) is 0. The minimum Gasteiger partial charge on any atom is -0.333 e. The van der Waals surface area contributed by atoms with Crippen LogP contribution in [0.25, 0.3) is 0 Å². The molecule has 0 radical (unpaired) electrons. The first-order valence-corrected chi connectivity index (χ1v) is 6.20. The molecule has 0 heterocycles. The second-order valence-electron chi connectivity index (χ2n) is 5.36. The number of aryl methyl sites for hydroxylation is 1. The molecule has 0 aliphatic rings. The standard InChI is InChI=1S/C15H21N3O/c1-11-7-8-13(10-12(11)6-5-9-16)17-14(19)18-15(2,3)4/h7-8,10H,9,16H2,1-4H3,(H2,17,18,19). The third kappa shape index (κ3) is 5.45. The molecule has 0 aromatic heterocycles. The lowest BCUT2D eigenvalue weighted by Gasteiger charge is -2.20. The second kappa shape index (κ2) is 6.26. The maximum atomic E-state index is 11.8. The monoisotopic (exact) mass is 259 g/mol. The van der Waals surface area contributed by atoms with Crippen LogP contribution in [0.4, 0.5) is 10.5 Å². The van der Waals surface area contributed by atoms with E-state index in [4.69, 9.17) is 5.73 Å². The van der Waals surface area contributed by atoms with Crippen molar-refractivity contribution in [3.05, 3.63) is 29.3 Å². The summed E-state index contributed by atoms with van der Waals surface area (Å²) in [5, 5.41) is 5.63. The quantitative estimate of drug-likeness (QED) is 0.677. The number of rotatable bonds is 1. The molecule has 0 spiro atoms. The van der Waals surface area contributed by atoms with Crippen LogP contribution in [-0.2, 0) is 0 Å². The Morgan fingerprint density at radius 2 is 2.05 bits per heavy atom. The molecule has 0 aliphatic heterocycles. The van der Waals surface area contributed by atoms with Crippen LogP contribution < -0.4 is 16.4 Å². The Hall–Kier alpha value is -1.99. The summed E-state index contributed by atoms with van der Waals surface area (Å²) >= 11 is 0. The Kier molecular flexibility index (Phi) is 4.96. The van der Waals surface area contributed by atoms with Gasteiger partial charge >= 0.3 is 6.03 Å². The van der Waals surface area contributed by atoms with Gasteiger partial charge in [0.25, 0.3) is 0 Å². The van der Waals surface area contributed by atoms with E-state index in [0.717, 1.165) is 11.1 Å². The lowest BCUT2D eigenvalue weighted by molar-refractivity contribution is 0.244. The maximum absolute atomic E-state index is 11.8. The predicted octanol–water partition coefficient (Wildman–Crippen LogP) is 2.23. The smallest absolute Gasteiger partial charge is 0.319 e. The highest BCUT2D eigenvalue weighted by Crippen LogP contribution is 2.14. The maximum Gasteiger partial charge on any atom is 0.319 e. The first-order chi connectivity index (χ1) is 8.81. The van der Waals surface area contributed by atoms with Crippen LogP contribution in [0.15, 0.2) is 18.2 Å². The van der Waals surface area contributed by atoms with Crippen LogP contribution in [-0.4, -0.2) is 18.1 Å². The van der Waals surface area contributed by atoms with Crippen LogP contribution in [0.5, 0.6) is 0 Å². The SMILES string of the molecule is Cc1ccc(NC(=O)NC(C)(C)C)cc1C#CCN. The molecule has 4 nitrogen and oxygen atoms in total. The van der Waals surface area contributed by atoms with Crippen molar-refractivity contribution < 1.29 is 4.79 Å². The van der Waals surface area contributed by atoms with Gasteiger partial charge in [-0.1, -0.05) is 17.9 Å². The van der Waals surface area contributed by atoms with Crippen LogP contribution in [0, 0.1) is 18.8 Å². The number of carbonyl (C=O) groups excluding carboxylic acids is 1. The molecule has 1 aromatic rings. The molecule has 19 heavy (non-hydrogen) atoms. The molecule has 0 unspecified atom stereocenters. The summed E-state index contributed by atoms with van der Waals surface area (Å²) < 4.78 is 0. The van der Waals surface area contributed by atoms with E-state index in [1.54, 1.807) is 0 Å². The third-order valence-corrected chi connectivity index (χ3v) is 2.31. The number of hydrogen-bond donors (Lipinski definition) is 3. The molecular formula is C15H21N3O. The third-order valence-electron chi connectivity index (χ3n) is 2.31. The lowest BCUT2D eigenvalue weighted by Crippen LogP contribution is -2.43. The van der Waals surface area contributed by atoms with Gasteiger partial charge in [-0.25, -0.2) is 4.79 Å². The van der Waals surface area contributed by atoms with Gasteiger partial charge in [0.15, 0.2) is 0 Å². The number of amides is 2. The molecule has 0 aliphatic carbocycles. The number of urea groups is 1. The summed E-state index contributed by atoms with van der Waals surface area (Å²) in [5.74, 6) is 5.80. The summed E-state index contributed by atoms with van der Waals surface area (Å²) in [6, 6.07) is 5.40. The first-order valence-electron chi connectivity index (χ1n) is 6.20. The summed E-state index contributed by atoms with van der Waals surface area (Å²) in [5.41, 5.74) is 7.74. The molecule has 0 bridgehead atoms. The van der Waals surface area contributed by atoms with E-state index in [9.17, 15) is 4.79 Å². The van der Waals surface area contributed by atoms with E-state index < -0.39 is 0 Å². The zero-order valence-corrected chi connectivity index (χ0v) is 11.9. The lowest BCUT2D eigenvalue weighted by atomic mass is 10.1. The first kappa shape index (κ1) is 15.1. The molecule has 102 valence electrons. The minimum absolute atomic E-state index is 0.228. The highest BCUT2D eigenvalue weighted by atomic mass is 16.2. The Morgan fingerprint density at radius 3 is 2.63 bits per heavy atom. The number of hydrogen-bond acceptors (Lipinski definition) is 2. The molecule has 4 N–H and O–H groups in total. The average Bonchev–Trinajstić information content (AvgIpc) is 2.27. The van der Waals surface area contributed by atoms with E-state index in [2.05, 4.69) is 22.5 Å². The largest absolute Gasteiger partial charge is 0.333 e. The van der Waals surface area contributed by atoms with Crippen molar-refractivity contribution in [2.45, 2.75) is 33.2 Å². The fourth-order valence-corrected chi connectivity index (χ4v) is 1.48. The van der Waals surface area contributed by atoms with Gasteiger partial charge in [0.2, 0.25) is 0 Å². The van der Waals surface area contributed by atoms with E-state index in [1.165, 1.54) is 0 Å². The van der Waals surface area contributed by atoms with E-state index in [1.807, 2.05) is 45.9 Å². The van der Waals surface area contributed by atoms with Crippen LogP contribution in [0.3, 0.4) is 0 Å². The molecule has 2 amide bonds. The number of anilines is 1. The van der Waals surface area contributed by atoms with E-state index in [0.29, 0.717) is 12.2 Å². The van der Waals surface area contributed by atoms with Crippen molar-refractivity contribution in [1.29, 1.82) is 0 Å². The molecular weight excluding hydrogens is 238 g/mol. The highest BCUT2D eigenvalue weighted by molar-refractivity contribution is 5.90. The summed E-state index contributed by atoms with van der Waals surface area (Å²) in [6.07, 6.45) is 0. The minimum atomic E-state index is -0.267. The molecule has 1 aromatic carbocycles. The van der Waals surface area contributed by atoms with Gasteiger partial charge < -0.3 is 16.4 Å². The fraction of sp³-hybridized carbons (Fsp3) is 0.400. The van der Waals surface area contributed by atoms with Gasteiger partial charge in [-0.3, -0.25) is 0 Å². The van der Waals surface area contributed by atoms with Crippen molar-refractivity contribution in [3.63, 3.8) is 0 Å². The number of benzene rings is 1. The van der Waals surface area contributed by atoms with Crippen molar-refractivity contribution in [2.24, 2.45) is 5.73 Å². The Bertz CT molecular complexity index is 518. The number of nitrogens with one attached hydrogen (secondary N) is 2. The average molecular weight is 259 g/mol. The Labute approximate surface area is 114 Å². The van der Waals surface area contributed by atoms with Crippen LogP contribution in [0.2, 0.25) is 0 Å². The molecule has 0 fully saturated rings. The van der Waals surface area contributed by atoms with E-state index in [-0.39, 0.29) is 11.6 Å². The van der Waals surface area contributed by atoms with Gasteiger partial charge in [0, 0.05) is 16.8 Å². The highest BCUT2D eigenvalue weighted by Gasteiger charge is 2.13. The number of carbonyl (C=O) groups is 1. The normalized spacial score (nSPS) is 10.4. The van der Waals surface area contributed by atoms with Gasteiger partial charge in [-0.2, -0.15) is 0 Å². The van der Waals surface area contributed by atoms with Gasteiger partial charge in [-0.15, -0.1) is 0 Å². The number of nitrogens with two attached hydrogens (primary N) is 1. The van der Waals surface area contributed by atoms with Gasteiger partial charge in [0.05, 0.1) is 6.54 Å². The Morgan fingerprint density at radius 1 is 1.37 bits per heavy atom. The topological polar surface area (TPSA) is 67.2 Å². The van der Waals surface area contributed by atoms with Crippen LogP contribution >= 0.6 is 0 Å². The zero-order valence-electron chi connectivity index (χ0n) is 11.9. The molecule has 0 saturated carbocycles. The zero-order chi connectivity index (χ0) is 14.5. The summed E-state index contributed by atoms with van der Waals surface area (Å²) in [4.78, 5) is 11.8. The fourth-order valence-electron chi connectivity index (χ4n) is 1.48. The molecule has 0 saturated heterocycles. The van der Waals surface area contributed by atoms with Crippen LogP contribution in [0.1, 0.15) is 31.9 Å². The predicted molar refractivity (Wildman–Crippen MR) is 79.0 cm³/mol. The second-order valence-corrected chi connectivity index (χ2v) is 5.36. The van der Waals surface area contributed by atoms with Gasteiger partial charge in [0.1, 0.15) is 0 Å². The molecule has 4 heteroatoms.